The largest absolute Gasteiger partial charge is 0.497 e. The first-order valence-corrected chi connectivity index (χ1v) is 8.34. The molecule has 2 rings (SSSR count). The highest BCUT2D eigenvalue weighted by Crippen LogP contribution is 2.29. The molecule has 2 aromatic rings. The summed E-state index contributed by atoms with van der Waals surface area (Å²) >= 11 is 0. The van der Waals surface area contributed by atoms with Gasteiger partial charge >= 0.3 is 0 Å². The minimum Gasteiger partial charge on any atom is -0.497 e. The van der Waals surface area contributed by atoms with E-state index in [1.54, 1.807) is 20.4 Å². The van der Waals surface area contributed by atoms with Crippen molar-refractivity contribution in [3.05, 3.63) is 47.4 Å². The first-order valence-electron chi connectivity index (χ1n) is 8.34. The smallest absolute Gasteiger partial charge is 0.178 e. The summed E-state index contributed by atoms with van der Waals surface area (Å²) in [5.41, 5.74) is 14.7. The van der Waals surface area contributed by atoms with E-state index < -0.39 is 0 Å². The van der Waals surface area contributed by atoms with E-state index in [-0.39, 0.29) is 0 Å². The average Bonchev–Trinajstić information content (AvgIpc) is 2.65. The van der Waals surface area contributed by atoms with Crippen LogP contribution in [0.2, 0.25) is 0 Å². The maximum absolute atomic E-state index is 6.17. The van der Waals surface area contributed by atoms with Gasteiger partial charge in [-0.3, -0.25) is 4.99 Å². The molecule has 0 saturated heterocycles. The minimum absolute atomic E-state index is 0.340. The Labute approximate surface area is 153 Å². The van der Waals surface area contributed by atoms with E-state index in [0.29, 0.717) is 47.4 Å². The number of hydrogen-bond acceptors (Lipinski definition) is 7. The summed E-state index contributed by atoms with van der Waals surface area (Å²) in [6.07, 6.45) is 4.67. The molecule has 0 fully saturated rings. The van der Waals surface area contributed by atoms with E-state index in [9.17, 15) is 0 Å². The van der Waals surface area contributed by atoms with Crippen molar-refractivity contribution in [2.45, 2.75) is 26.7 Å². The quantitative estimate of drug-likeness (QED) is 0.739. The second kappa shape index (κ2) is 8.84. The second-order valence-electron chi connectivity index (χ2n) is 5.56. The molecule has 1 aromatic heterocycles. The fourth-order valence-electron chi connectivity index (χ4n) is 2.49. The summed E-state index contributed by atoms with van der Waals surface area (Å²) < 4.78 is 10.7. The third-order valence-electron chi connectivity index (χ3n) is 3.91. The molecule has 0 saturated carbocycles. The van der Waals surface area contributed by atoms with Gasteiger partial charge in [0.15, 0.2) is 5.82 Å². The molecule has 0 radical (unpaired) electrons. The molecule has 0 atom stereocenters. The van der Waals surface area contributed by atoms with Crippen molar-refractivity contribution < 1.29 is 9.47 Å². The van der Waals surface area contributed by atoms with Gasteiger partial charge in [-0.05, 0) is 25.0 Å². The molecule has 1 aromatic carbocycles. The predicted molar refractivity (Wildman–Crippen MR) is 105 cm³/mol. The fourth-order valence-corrected chi connectivity index (χ4v) is 2.49. The lowest BCUT2D eigenvalue weighted by Crippen LogP contribution is -2.13. The van der Waals surface area contributed by atoms with Gasteiger partial charge in [0.2, 0.25) is 0 Å². The van der Waals surface area contributed by atoms with Crippen LogP contribution in [0.5, 0.6) is 11.5 Å². The van der Waals surface area contributed by atoms with E-state index in [1.165, 1.54) is 0 Å². The molecule has 7 heteroatoms. The number of nitrogens with zero attached hydrogens (tertiary/aromatic N) is 3. The van der Waals surface area contributed by atoms with Gasteiger partial charge in [0, 0.05) is 24.3 Å². The molecule has 0 aliphatic heterocycles. The van der Waals surface area contributed by atoms with Crippen molar-refractivity contribution in [1.82, 2.24) is 9.97 Å². The van der Waals surface area contributed by atoms with E-state index in [2.05, 4.69) is 15.0 Å². The number of hydrogen-bond donors (Lipinski definition) is 2. The Morgan fingerprint density at radius 1 is 1.15 bits per heavy atom. The van der Waals surface area contributed by atoms with E-state index in [4.69, 9.17) is 20.9 Å². The van der Waals surface area contributed by atoms with Crippen molar-refractivity contribution in [3.63, 3.8) is 0 Å². The predicted octanol–water partition coefficient (Wildman–Crippen LogP) is 2.98. The van der Waals surface area contributed by atoms with Crippen molar-refractivity contribution >= 4 is 17.3 Å². The summed E-state index contributed by atoms with van der Waals surface area (Å²) in [6, 6.07) is 5.59. The number of rotatable bonds is 7. The molecular weight excluding hydrogens is 330 g/mol. The number of ether oxygens (including phenoxy) is 2. The molecule has 0 bridgehead atoms. The highest BCUT2D eigenvalue weighted by Gasteiger charge is 2.16. The zero-order chi connectivity index (χ0) is 19.1. The lowest BCUT2D eigenvalue weighted by molar-refractivity contribution is 0.391. The molecule has 0 spiro atoms. The first-order chi connectivity index (χ1) is 12.5. The summed E-state index contributed by atoms with van der Waals surface area (Å²) in [7, 11) is 3.22. The maximum Gasteiger partial charge on any atom is 0.178 e. The lowest BCUT2D eigenvalue weighted by Gasteiger charge is -2.14. The highest BCUT2D eigenvalue weighted by molar-refractivity contribution is 5.98. The number of benzene rings is 1. The van der Waals surface area contributed by atoms with Crippen LogP contribution in [0.15, 0.2) is 35.5 Å². The number of aliphatic imine (C=N–C) groups is 1. The van der Waals surface area contributed by atoms with E-state index >= 15 is 0 Å². The monoisotopic (exact) mass is 355 g/mol. The lowest BCUT2D eigenvalue weighted by atomic mass is 10.0. The Hall–Kier alpha value is -3.09. The molecule has 26 heavy (non-hydrogen) atoms. The Bertz CT molecular complexity index is 808. The fraction of sp³-hybridized carbons (Fsp3) is 0.316. The van der Waals surface area contributed by atoms with E-state index in [0.717, 1.165) is 11.3 Å². The summed E-state index contributed by atoms with van der Waals surface area (Å²) in [4.78, 5) is 13.1. The van der Waals surface area contributed by atoms with E-state index in [1.807, 2.05) is 38.1 Å². The Morgan fingerprint density at radius 3 is 2.38 bits per heavy atom. The van der Waals surface area contributed by atoms with Crippen molar-refractivity contribution in [3.8, 4) is 11.5 Å². The van der Waals surface area contributed by atoms with Crippen molar-refractivity contribution in [2.24, 2.45) is 4.99 Å². The van der Waals surface area contributed by atoms with Crippen LogP contribution in [0.1, 0.15) is 37.2 Å². The van der Waals surface area contributed by atoms with Crippen LogP contribution in [0.4, 0.5) is 11.6 Å². The summed E-state index contributed by atoms with van der Waals surface area (Å²) in [5, 5.41) is 0. The molecule has 0 amide bonds. The van der Waals surface area contributed by atoms with Crippen LogP contribution in [-0.4, -0.2) is 29.9 Å². The Balaban J connectivity index is 2.40. The number of nitrogens with two attached hydrogens (primary N) is 2. The van der Waals surface area contributed by atoms with Gasteiger partial charge in [-0.2, -0.15) is 0 Å². The molecule has 1 heterocycles. The van der Waals surface area contributed by atoms with Gasteiger partial charge in [-0.15, -0.1) is 0 Å². The topological polar surface area (TPSA) is 109 Å². The standard InChI is InChI=1S/C19H25N5O2/c1-5-9-22-15(6-2)19-23-17(20)14(18(21)24-19)10-12-7-8-13(25-3)11-16(12)26-4/h5,7-9,11H,6,10H2,1-4H3,(H4,20,21,23,24)/b9-5-,22-15+. The Morgan fingerprint density at radius 2 is 1.85 bits per heavy atom. The molecular formula is C19H25N5O2. The van der Waals surface area contributed by atoms with Crippen molar-refractivity contribution in [1.29, 1.82) is 0 Å². The zero-order valence-corrected chi connectivity index (χ0v) is 15.6. The number of aromatic nitrogens is 2. The normalized spacial score (nSPS) is 11.8. The van der Waals surface area contributed by atoms with Gasteiger partial charge in [0.05, 0.1) is 19.9 Å². The van der Waals surface area contributed by atoms with Gasteiger partial charge in [-0.1, -0.05) is 19.1 Å². The average molecular weight is 355 g/mol. The summed E-state index contributed by atoms with van der Waals surface area (Å²) in [6.45, 7) is 3.87. The molecule has 4 N–H and O–H groups in total. The SMILES string of the molecule is C/C=C\N=C(/CC)c1nc(N)c(Cc2ccc(OC)cc2OC)c(N)n1. The molecule has 138 valence electrons. The molecule has 0 aliphatic carbocycles. The number of nitrogen functional groups attached to an aromatic ring is 2. The molecule has 0 unspecified atom stereocenters. The molecule has 7 nitrogen and oxygen atoms in total. The van der Waals surface area contributed by atoms with Crippen LogP contribution < -0.4 is 20.9 Å². The maximum atomic E-state index is 6.17. The van der Waals surface area contributed by atoms with Gasteiger partial charge < -0.3 is 20.9 Å². The van der Waals surface area contributed by atoms with Gasteiger partial charge in [0.1, 0.15) is 23.1 Å². The van der Waals surface area contributed by atoms with Crippen LogP contribution in [0, 0.1) is 0 Å². The molecule has 0 aliphatic rings. The number of methoxy groups -OCH3 is 2. The highest BCUT2D eigenvalue weighted by atomic mass is 16.5. The van der Waals surface area contributed by atoms with Crippen LogP contribution in [0.25, 0.3) is 0 Å². The third kappa shape index (κ3) is 4.30. The second-order valence-corrected chi connectivity index (χ2v) is 5.56. The van der Waals surface area contributed by atoms with Crippen molar-refractivity contribution in [2.75, 3.05) is 25.7 Å². The number of allylic oxidation sites excluding steroid dienone is 1. The summed E-state index contributed by atoms with van der Waals surface area (Å²) in [5.74, 6) is 2.53. The number of anilines is 2. The minimum atomic E-state index is 0.340. The van der Waals surface area contributed by atoms with Crippen LogP contribution >= 0.6 is 0 Å². The van der Waals surface area contributed by atoms with Gasteiger partial charge in [0.25, 0.3) is 0 Å². The van der Waals surface area contributed by atoms with Crippen LogP contribution in [0.3, 0.4) is 0 Å². The van der Waals surface area contributed by atoms with Gasteiger partial charge in [-0.25, -0.2) is 9.97 Å². The van der Waals surface area contributed by atoms with Crippen LogP contribution in [-0.2, 0) is 6.42 Å². The first kappa shape index (κ1) is 19.2. The third-order valence-corrected chi connectivity index (χ3v) is 3.91. The Kier molecular flexibility index (Phi) is 6.54. The zero-order valence-electron chi connectivity index (χ0n) is 15.6.